The zero-order valence-electron chi connectivity index (χ0n) is 13.2. The van der Waals surface area contributed by atoms with Crippen LogP contribution in [0.15, 0.2) is 54.6 Å². The third-order valence-electron chi connectivity index (χ3n) is 4.86. The fourth-order valence-electron chi connectivity index (χ4n) is 3.56. The Labute approximate surface area is 140 Å². The molecule has 0 radical (unpaired) electrons. The molecule has 2 aromatic rings. The van der Waals surface area contributed by atoms with Crippen molar-refractivity contribution in [2.24, 2.45) is 0 Å². The molecule has 1 unspecified atom stereocenters. The first kappa shape index (κ1) is 14.8. The summed E-state index contributed by atoms with van der Waals surface area (Å²) >= 11 is 0. The molecule has 2 amide bonds. The molecule has 4 rings (SSSR count). The van der Waals surface area contributed by atoms with Gasteiger partial charge < -0.3 is 15.0 Å². The van der Waals surface area contributed by atoms with Gasteiger partial charge in [0.2, 0.25) is 5.91 Å². The topological polar surface area (TPSA) is 58.6 Å². The van der Waals surface area contributed by atoms with Crippen LogP contribution in [0.3, 0.4) is 0 Å². The number of ether oxygens (including phenoxy) is 1. The summed E-state index contributed by atoms with van der Waals surface area (Å²) in [5.74, 6) is -0.0259. The van der Waals surface area contributed by atoms with Crippen LogP contribution < -0.4 is 5.32 Å². The zero-order chi connectivity index (χ0) is 16.6. The highest BCUT2D eigenvalue weighted by atomic mass is 16.6. The second-order valence-corrected chi connectivity index (χ2v) is 6.29. The van der Waals surface area contributed by atoms with Crippen LogP contribution in [-0.4, -0.2) is 30.0 Å². The van der Waals surface area contributed by atoms with Gasteiger partial charge in [-0.15, -0.1) is 0 Å². The van der Waals surface area contributed by atoms with Gasteiger partial charge in [-0.3, -0.25) is 4.79 Å². The molecule has 1 N–H and O–H groups in total. The molecule has 1 spiro atoms. The van der Waals surface area contributed by atoms with E-state index in [1.807, 2.05) is 54.6 Å². The first-order valence-corrected chi connectivity index (χ1v) is 8.06. The Balaban J connectivity index is 1.47. The Morgan fingerprint density at radius 3 is 2.71 bits per heavy atom. The lowest BCUT2D eigenvalue weighted by atomic mass is 9.81. The normalized spacial score (nSPS) is 21.7. The van der Waals surface area contributed by atoms with E-state index in [1.54, 1.807) is 4.90 Å². The number of fused-ring (bicyclic) bond motifs is 2. The smallest absolute Gasteiger partial charge is 0.410 e. The molecule has 122 valence electrons. The van der Waals surface area contributed by atoms with Gasteiger partial charge >= 0.3 is 6.09 Å². The minimum absolute atomic E-state index is 0.0259. The minimum atomic E-state index is -0.637. The summed E-state index contributed by atoms with van der Waals surface area (Å²) in [6, 6.07) is 17.3. The molecule has 2 aromatic carbocycles. The Kier molecular flexibility index (Phi) is 3.49. The number of hydrogen-bond donors (Lipinski definition) is 1. The summed E-state index contributed by atoms with van der Waals surface area (Å²) in [4.78, 5) is 26.5. The van der Waals surface area contributed by atoms with Crippen LogP contribution in [0.4, 0.5) is 10.5 Å². The van der Waals surface area contributed by atoms with Crippen LogP contribution in [-0.2, 0) is 21.6 Å². The van der Waals surface area contributed by atoms with Crippen LogP contribution >= 0.6 is 0 Å². The Morgan fingerprint density at radius 1 is 1.12 bits per heavy atom. The Morgan fingerprint density at radius 2 is 1.88 bits per heavy atom. The van der Waals surface area contributed by atoms with Gasteiger partial charge in [-0.1, -0.05) is 48.5 Å². The maximum atomic E-state index is 12.5. The molecule has 1 fully saturated rings. The summed E-state index contributed by atoms with van der Waals surface area (Å²) in [6.07, 6.45) is 0.254. The predicted octanol–water partition coefficient (Wildman–Crippen LogP) is 2.92. The molecule has 2 aliphatic rings. The van der Waals surface area contributed by atoms with Crippen molar-refractivity contribution in [3.63, 3.8) is 0 Å². The number of amides is 2. The van der Waals surface area contributed by atoms with E-state index in [-0.39, 0.29) is 18.6 Å². The second kappa shape index (κ2) is 5.67. The molecule has 2 heterocycles. The number of benzene rings is 2. The lowest BCUT2D eigenvalue weighted by Gasteiger charge is -2.22. The van der Waals surface area contributed by atoms with E-state index >= 15 is 0 Å². The zero-order valence-corrected chi connectivity index (χ0v) is 13.2. The van der Waals surface area contributed by atoms with Gasteiger partial charge in [0.1, 0.15) is 6.61 Å². The van der Waals surface area contributed by atoms with E-state index < -0.39 is 5.41 Å². The molecule has 0 aliphatic carbocycles. The first-order valence-electron chi connectivity index (χ1n) is 8.06. The highest BCUT2D eigenvalue weighted by Gasteiger charge is 2.52. The number of nitrogens with zero attached hydrogens (tertiary/aromatic N) is 1. The number of carbonyl (C=O) groups excluding carboxylic acids is 2. The van der Waals surface area contributed by atoms with Crippen LogP contribution in [0.2, 0.25) is 0 Å². The summed E-state index contributed by atoms with van der Waals surface area (Å²) in [5, 5.41) is 2.93. The van der Waals surface area contributed by atoms with Crippen molar-refractivity contribution in [1.82, 2.24) is 4.90 Å². The number of nitrogens with one attached hydrogen (secondary N) is 1. The van der Waals surface area contributed by atoms with Crippen molar-refractivity contribution in [2.75, 3.05) is 18.4 Å². The van der Waals surface area contributed by atoms with Crippen molar-refractivity contribution < 1.29 is 14.3 Å². The van der Waals surface area contributed by atoms with Crippen LogP contribution in [0.25, 0.3) is 0 Å². The van der Waals surface area contributed by atoms with Crippen LogP contribution in [0.1, 0.15) is 17.5 Å². The molecule has 0 aromatic heterocycles. The highest BCUT2D eigenvalue weighted by Crippen LogP contribution is 2.44. The lowest BCUT2D eigenvalue weighted by Crippen LogP contribution is -2.39. The summed E-state index contributed by atoms with van der Waals surface area (Å²) in [5.41, 5.74) is 2.14. The van der Waals surface area contributed by atoms with Gasteiger partial charge in [0, 0.05) is 18.8 Å². The lowest BCUT2D eigenvalue weighted by molar-refractivity contribution is -0.120. The van der Waals surface area contributed by atoms with Gasteiger partial charge in [0.05, 0.1) is 5.41 Å². The molecule has 5 nitrogen and oxygen atoms in total. The van der Waals surface area contributed by atoms with Crippen molar-refractivity contribution in [1.29, 1.82) is 0 Å². The molecule has 0 saturated carbocycles. The molecule has 5 heteroatoms. The maximum absolute atomic E-state index is 12.5. The van der Waals surface area contributed by atoms with Crippen molar-refractivity contribution in [3.8, 4) is 0 Å². The fourth-order valence-corrected chi connectivity index (χ4v) is 3.56. The van der Waals surface area contributed by atoms with E-state index in [1.165, 1.54) is 0 Å². The van der Waals surface area contributed by atoms with E-state index in [0.717, 1.165) is 16.8 Å². The average molecular weight is 322 g/mol. The number of hydrogen-bond acceptors (Lipinski definition) is 3. The molecule has 1 saturated heterocycles. The average Bonchev–Trinajstić information content (AvgIpc) is 3.18. The molecule has 0 bridgehead atoms. The molecule has 24 heavy (non-hydrogen) atoms. The quantitative estimate of drug-likeness (QED) is 0.925. The fraction of sp³-hybridized carbons (Fsp3) is 0.263. The SMILES string of the molecule is O=C(OCc1ccccc1)N1CCC2(C1)C(=O)Nc1ccccc12. The van der Waals surface area contributed by atoms with Crippen molar-refractivity contribution in [3.05, 3.63) is 65.7 Å². The number of para-hydroxylation sites is 1. The monoisotopic (exact) mass is 322 g/mol. The van der Waals surface area contributed by atoms with E-state index in [2.05, 4.69) is 5.32 Å². The first-order chi connectivity index (χ1) is 11.7. The van der Waals surface area contributed by atoms with Gasteiger partial charge in [-0.25, -0.2) is 4.79 Å². The standard InChI is InChI=1S/C19H18N2O3/c22-17-19(15-8-4-5-9-16(15)20-17)10-11-21(13-19)18(23)24-12-14-6-2-1-3-7-14/h1-9H,10-13H2,(H,20,22). The van der Waals surface area contributed by atoms with E-state index in [4.69, 9.17) is 4.74 Å². The third-order valence-corrected chi connectivity index (χ3v) is 4.86. The second-order valence-electron chi connectivity index (χ2n) is 6.29. The summed E-state index contributed by atoms with van der Waals surface area (Å²) in [7, 11) is 0. The summed E-state index contributed by atoms with van der Waals surface area (Å²) < 4.78 is 5.39. The van der Waals surface area contributed by atoms with Crippen LogP contribution in [0, 0.1) is 0 Å². The molecular formula is C19H18N2O3. The van der Waals surface area contributed by atoms with Gasteiger partial charge in [0.25, 0.3) is 0 Å². The van der Waals surface area contributed by atoms with Gasteiger partial charge in [-0.05, 0) is 23.6 Å². The largest absolute Gasteiger partial charge is 0.445 e. The van der Waals surface area contributed by atoms with Crippen molar-refractivity contribution in [2.45, 2.75) is 18.4 Å². The molecular weight excluding hydrogens is 304 g/mol. The number of carbonyl (C=O) groups is 2. The maximum Gasteiger partial charge on any atom is 0.410 e. The van der Waals surface area contributed by atoms with Crippen molar-refractivity contribution >= 4 is 17.7 Å². The van der Waals surface area contributed by atoms with Gasteiger partial charge in [0.15, 0.2) is 0 Å². The molecule has 1 atom stereocenters. The highest BCUT2D eigenvalue weighted by molar-refractivity contribution is 6.07. The molecule has 2 aliphatic heterocycles. The number of likely N-dealkylation sites (tertiary alicyclic amines) is 1. The minimum Gasteiger partial charge on any atom is -0.445 e. The van der Waals surface area contributed by atoms with E-state index in [9.17, 15) is 9.59 Å². The Hall–Kier alpha value is -2.82. The Bertz CT molecular complexity index is 790. The number of rotatable bonds is 2. The number of anilines is 1. The van der Waals surface area contributed by atoms with Gasteiger partial charge in [-0.2, -0.15) is 0 Å². The summed E-state index contributed by atoms with van der Waals surface area (Å²) in [6.45, 7) is 1.13. The predicted molar refractivity (Wildman–Crippen MR) is 89.6 cm³/mol. The third kappa shape index (κ3) is 2.33. The van der Waals surface area contributed by atoms with Crippen LogP contribution in [0.5, 0.6) is 0 Å². The van der Waals surface area contributed by atoms with E-state index in [0.29, 0.717) is 19.5 Å².